The number of para-hydroxylation sites is 1. The van der Waals surface area contributed by atoms with Gasteiger partial charge in [0.25, 0.3) is 0 Å². The van der Waals surface area contributed by atoms with Crippen molar-refractivity contribution in [1.29, 1.82) is 0 Å². The van der Waals surface area contributed by atoms with Crippen molar-refractivity contribution in [3.63, 3.8) is 0 Å². The number of allylic oxidation sites excluding steroid dienone is 2. The molecule has 0 amide bonds. The quantitative estimate of drug-likeness (QED) is 0.389. The number of nitrogens with one attached hydrogen (secondary N) is 1. The molecule has 0 unspecified atom stereocenters. The molecule has 1 saturated heterocycles. The number of ketones is 1. The van der Waals surface area contributed by atoms with E-state index in [1.807, 2.05) is 30.3 Å². The third-order valence-electron chi connectivity index (χ3n) is 2.66. The summed E-state index contributed by atoms with van der Waals surface area (Å²) < 4.78 is 9.80. The van der Waals surface area contributed by atoms with Crippen LogP contribution >= 0.6 is 0 Å². The second-order valence-electron chi connectivity index (χ2n) is 3.87. The summed E-state index contributed by atoms with van der Waals surface area (Å²) in [7, 11) is 1.40. The molecule has 19 heavy (non-hydrogen) atoms. The first kappa shape index (κ1) is 12.9. The number of Topliss-reactive ketones (excluding diaryl/α,β-unsaturated/α-hetero) is 1. The van der Waals surface area contributed by atoms with Gasteiger partial charge in [-0.05, 0) is 19.1 Å². The fourth-order valence-electron chi connectivity index (χ4n) is 1.60. The fraction of sp³-hybridized carbons (Fsp3) is 0.143. The molecule has 0 aromatic heterocycles. The molecular formula is C14H13NO4. The number of carbonyl (C=O) groups is 2. The number of methoxy groups -OCH3 is 1. The Hall–Kier alpha value is -2.56. The van der Waals surface area contributed by atoms with Crippen LogP contribution in [0.5, 0.6) is 0 Å². The number of benzene rings is 1. The second-order valence-corrected chi connectivity index (χ2v) is 3.87. The number of cyclic esters (lactones) is 1. The summed E-state index contributed by atoms with van der Waals surface area (Å²) in [5, 5.41) is 2.89. The Morgan fingerprint density at radius 3 is 2.58 bits per heavy atom. The average Bonchev–Trinajstić information content (AvgIpc) is 2.71. The van der Waals surface area contributed by atoms with E-state index in [9.17, 15) is 9.59 Å². The van der Waals surface area contributed by atoms with Gasteiger partial charge in [0.2, 0.25) is 5.78 Å². The summed E-state index contributed by atoms with van der Waals surface area (Å²) >= 11 is 0. The monoisotopic (exact) mass is 259 g/mol. The van der Waals surface area contributed by atoms with E-state index in [0.29, 0.717) is 0 Å². The van der Waals surface area contributed by atoms with Crippen LogP contribution in [0.25, 0.3) is 0 Å². The standard InChI is InChI=1S/C14H13NO4/c1-9(18-2)12-13(16)11(19-14(12)17)8-15-10-6-4-3-5-7-10/h3-8,15H,1-2H3/b11-8+,12-9+. The van der Waals surface area contributed by atoms with Crippen LogP contribution in [0.1, 0.15) is 6.92 Å². The van der Waals surface area contributed by atoms with E-state index in [1.165, 1.54) is 13.3 Å². The highest BCUT2D eigenvalue weighted by atomic mass is 16.6. The van der Waals surface area contributed by atoms with E-state index in [4.69, 9.17) is 9.47 Å². The highest BCUT2D eigenvalue weighted by molar-refractivity contribution is 6.28. The normalized spacial score (nSPS) is 19.4. The average molecular weight is 259 g/mol. The summed E-state index contributed by atoms with van der Waals surface area (Å²) in [6, 6.07) is 9.24. The van der Waals surface area contributed by atoms with Crippen molar-refractivity contribution in [2.45, 2.75) is 6.92 Å². The number of esters is 1. The van der Waals surface area contributed by atoms with E-state index in [2.05, 4.69) is 5.32 Å². The molecule has 1 fully saturated rings. The van der Waals surface area contributed by atoms with Gasteiger partial charge in [0.05, 0.1) is 7.11 Å². The summed E-state index contributed by atoms with van der Waals surface area (Å²) in [4.78, 5) is 23.5. The summed E-state index contributed by atoms with van der Waals surface area (Å²) in [5.41, 5.74) is 0.725. The number of carbonyl (C=O) groups excluding carboxylic acids is 2. The first-order valence-corrected chi connectivity index (χ1v) is 5.67. The SMILES string of the molecule is CO/C(C)=C1/C(=O)O/C(=C/Nc2ccccc2)C1=O. The van der Waals surface area contributed by atoms with Gasteiger partial charge in [0.1, 0.15) is 11.3 Å². The van der Waals surface area contributed by atoms with Crippen molar-refractivity contribution in [3.8, 4) is 0 Å². The minimum Gasteiger partial charge on any atom is -0.500 e. The number of anilines is 1. The van der Waals surface area contributed by atoms with Crippen LogP contribution in [0.2, 0.25) is 0 Å². The predicted molar refractivity (Wildman–Crippen MR) is 69.0 cm³/mol. The molecule has 0 spiro atoms. The number of hydrogen-bond donors (Lipinski definition) is 1. The highest BCUT2D eigenvalue weighted by Gasteiger charge is 2.36. The van der Waals surface area contributed by atoms with Crippen LogP contribution in [0, 0.1) is 0 Å². The molecule has 0 saturated carbocycles. The largest absolute Gasteiger partial charge is 0.500 e. The molecule has 1 aromatic rings. The lowest BCUT2D eigenvalue weighted by molar-refractivity contribution is -0.132. The molecule has 5 heteroatoms. The molecule has 1 aliphatic heterocycles. The van der Waals surface area contributed by atoms with Crippen LogP contribution in [-0.2, 0) is 19.1 Å². The van der Waals surface area contributed by atoms with E-state index >= 15 is 0 Å². The minimum absolute atomic E-state index is 0.0414. The third kappa shape index (κ3) is 2.65. The molecule has 0 atom stereocenters. The number of hydrogen-bond acceptors (Lipinski definition) is 5. The lowest BCUT2D eigenvalue weighted by Crippen LogP contribution is -2.05. The van der Waals surface area contributed by atoms with Gasteiger partial charge in [0.15, 0.2) is 5.76 Å². The van der Waals surface area contributed by atoms with Gasteiger partial charge in [-0.15, -0.1) is 0 Å². The van der Waals surface area contributed by atoms with Gasteiger partial charge < -0.3 is 14.8 Å². The number of rotatable bonds is 3. The van der Waals surface area contributed by atoms with Gasteiger partial charge in [-0.2, -0.15) is 0 Å². The molecule has 5 nitrogen and oxygen atoms in total. The van der Waals surface area contributed by atoms with Crippen molar-refractivity contribution in [2.75, 3.05) is 12.4 Å². The fourth-order valence-corrected chi connectivity index (χ4v) is 1.60. The molecule has 1 N–H and O–H groups in total. The Morgan fingerprint density at radius 1 is 1.26 bits per heavy atom. The lowest BCUT2D eigenvalue weighted by atomic mass is 10.1. The number of ether oxygens (including phenoxy) is 2. The Bertz CT molecular complexity index is 572. The molecule has 1 heterocycles. The van der Waals surface area contributed by atoms with Crippen molar-refractivity contribution < 1.29 is 19.1 Å². The first-order valence-electron chi connectivity index (χ1n) is 5.67. The van der Waals surface area contributed by atoms with Crippen molar-refractivity contribution >= 4 is 17.4 Å². The van der Waals surface area contributed by atoms with Crippen molar-refractivity contribution in [2.24, 2.45) is 0 Å². The zero-order chi connectivity index (χ0) is 13.8. The molecule has 0 aliphatic carbocycles. The highest BCUT2D eigenvalue weighted by Crippen LogP contribution is 2.23. The summed E-state index contributed by atoms with van der Waals surface area (Å²) in [6.45, 7) is 1.54. The lowest BCUT2D eigenvalue weighted by Gasteiger charge is -2.00. The summed E-state index contributed by atoms with van der Waals surface area (Å²) in [5.74, 6) is -0.961. The molecule has 2 rings (SSSR count). The van der Waals surface area contributed by atoms with Crippen LogP contribution in [0.4, 0.5) is 5.69 Å². The predicted octanol–water partition coefficient (Wildman–Crippen LogP) is 1.99. The third-order valence-corrected chi connectivity index (χ3v) is 2.66. The molecule has 0 bridgehead atoms. The molecular weight excluding hydrogens is 246 g/mol. The van der Waals surface area contributed by atoms with E-state index in [1.54, 1.807) is 6.92 Å². The zero-order valence-electron chi connectivity index (χ0n) is 10.6. The molecule has 98 valence electrons. The van der Waals surface area contributed by atoms with Crippen LogP contribution in [0.3, 0.4) is 0 Å². The van der Waals surface area contributed by atoms with Crippen molar-refractivity contribution in [3.05, 3.63) is 53.6 Å². The molecule has 1 aromatic carbocycles. The van der Waals surface area contributed by atoms with E-state index in [0.717, 1.165) is 5.69 Å². The Morgan fingerprint density at radius 2 is 1.95 bits per heavy atom. The van der Waals surface area contributed by atoms with Crippen molar-refractivity contribution in [1.82, 2.24) is 0 Å². The maximum Gasteiger partial charge on any atom is 0.351 e. The van der Waals surface area contributed by atoms with Gasteiger partial charge in [-0.3, -0.25) is 4.79 Å². The Labute approximate surface area is 110 Å². The second kappa shape index (κ2) is 5.39. The topological polar surface area (TPSA) is 64.6 Å². The van der Waals surface area contributed by atoms with Crippen LogP contribution in [0.15, 0.2) is 53.6 Å². The maximum atomic E-state index is 11.9. The van der Waals surface area contributed by atoms with Gasteiger partial charge >= 0.3 is 5.97 Å². The molecule has 1 aliphatic rings. The van der Waals surface area contributed by atoms with Gasteiger partial charge in [-0.1, -0.05) is 18.2 Å². The van der Waals surface area contributed by atoms with E-state index < -0.39 is 11.8 Å². The van der Waals surface area contributed by atoms with Gasteiger partial charge in [-0.25, -0.2) is 4.79 Å². The zero-order valence-corrected chi connectivity index (χ0v) is 10.6. The smallest absolute Gasteiger partial charge is 0.351 e. The Kier molecular flexibility index (Phi) is 3.66. The molecule has 0 radical (unpaired) electrons. The Balaban J connectivity index is 2.20. The van der Waals surface area contributed by atoms with Crippen LogP contribution < -0.4 is 5.32 Å². The summed E-state index contributed by atoms with van der Waals surface area (Å²) in [6.07, 6.45) is 1.37. The van der Waals surface area contributed by atoms with Gasteiger partial charge in [0, 0.05) is 11.9 Å². The van der Waals surface area contributed by atoms with Crippen LogP contribution in [-0.4, -0.2) is 18.9 Å². The van der Waals surface area contributed by atoms with E-state index in [-0.39, 0.29) is 17.1 Å². The minimum atomic E-state index is -0.689. The first-order chi connectivity index (χ1) is 9.13. The maximum absolute atomic E-state index is 11.9.